The largest absolute Gasteiger partial charge is 0.454 e. The van der Waals surface area contributed by atoms with Crippen molar-refractivity contribution in [2.24, 2.45) is 0 Å². The van der Waals surface area contributed by atoms with Gasteiger partial charge in [-0.15, -0.1) is 23.1 Å². The third kappa shape index (κ3) is 3.89. The van der Waals surface area contributed by atoms with Crippen LogP contribution in [0.5, 0.6) is 11.5 Å². The molecule has 1 aliphatic rings. The molecule has 2 aromatic rings. The van der Waals surface area contributed by atoms with Crippen LogP contribution in [0.4, 0.5) is 0 Å². The number of thioether (sulfide) groups is 1. The van der Waals surface area contributed by atoms with Gasteiger partial charge in [-0.3, -0.25) is 0 Å². The molecule has 0 saturated carbocycles. The summed E-state index contributed by atoms with van der Waals surface area (Å²) < 4.78 is 12.1. The number of fused-ring (bicyclic) bond motifs is 1. The van der Waals surface area contributed by atoms with Gasteiger partial charge in [-0.2, -0.15) is 0 Å². The zero-order valence-electron chi connectivity index (χ0n) is 13.1. The lowest BCUT2D eigenvalue weighted by molar-refractivity contribution is 0.174. The Balaban J connectivity index is 1.58. The summed E-state index contributed by atoms with van der Waals surface area (Å²) in [6, 6.07) is 5.95. The maximum absolute atomic E-state index is 5.37. The molecular formula is C19H18O2S2. The predicted octanol–water partition coefficient (Wildman–Crippen LogP) is 5.79. The van der Waals surface area contributed by atoms with Crippen LogP contribution in [0.25, 0.3) is 12.2 Å². The van der Waals surface area contributed by atoms with Gasteiger partial charge in [0.2, 0.25) is 6.79 Å². The third-order valence-corrected chi connectivity index (χ3v) is 5.87. The molecule has 0 fully saturated rings. The second-order valence-corrected chi connectivity index (χ2v) is 6.98. The maximum Gasteiger partial charge on any atom is 0.231 e. The molecule has 23 heavy (non-hydrogen) atoms. The van der Waals surface area contributed by atoms with E-state index >= 15 is 0 Å². The second-order valence-electron chi connectivity index (χ2n) is 5.02. The molecule has 0 radical (unpaired) electrons. The van der Waals surface area contributed by atoms with E-state index in [1.807, 2.05) is 42.5 Å². The molecule has 3 rings (SSSR count). The summed E-state index contributed by atoms with van der Waals surface area (Å²) in [6.07, 6.45) is 14.5. The van der Waals surface area contributed by atoms with E-state index in [1.54, 1.807) is 23.1 Å². The Hall–Kier alpha value is -1.91. The zero-order valence-corrected chi connectivity index (χ0v) is 14.7. The van der Waals surface area contributed by atoms with Gasteiger partial charge in [-0.05, 0) is 47.4 Å². The lowest BCUT2D eigenvalue weighted by Crippen LogP contribution is -1.92. The summed E-state index contributed by atoms with van der Waals surface area (Å²) in [7, 11) is 0. The fourth-order valence-electron chi connectivity index (χ4n) is 2.25. The molecule has 2 heterocycles. The highest BCUT2D eigenvalue weighted by Gasteiger charge is 2.11. The van der Waals surface area contributed by atoms with Crippen molar-refractivity contribution in [3.63, 3.8) is 0 Å². The molecule has 1 aromatic carbocycles. The lowest BCUT2D eigenvalue weighted by Gasteiger charge is -1.96. The molecule has 1 aromatic heterocycles. The number of allylic oxidation sites excluding steroid dienone is 4. The number of thiophene rings is 1. The average molecular weight is 342 g/mol. The van der Waals surface area contributed by atoms with Crippen LogP contribution in [-0.2, 0) is 0 Å². The van der Waals surface area contributed by atoms with Crippen molar-refractivity contribution in [2.45, 2.75) is 11.1 Å². The van der Waals surface area contributed by atoms with Crippen molar-refractivity contribution in [3.05, 3.63) is 64.6 Å². The molecule has 0 atom stereocenters. The van der Waals surface area contributed by atoms with Gasteiger partial charge in [-0.25, -0.2) is 0 Å². The van der Waals surface area contributed by atoms with E-state index in [9.17, 15) is 0 Å². The molecule has 4 heteroatoms. The van der Waals surface area contributed by atoms with E-state index < -0.39 is 0 Å². The molecule has 0 bridgehead atoms. The van der Waals surface area contributed by atoms with Gasteiger partial charge in [-0.1, -0.05) is 42.5 Å². The first kappa shape index (κ1) is 16.0. The van der Waals surface area contributed by atoms with Crippen LogP contribution in [0.1, 0.15) is 16.7 Å². The Morgan fingerprint density at radius 3 is 2.61 bits per heavy atom. The summed E-state index contributed by atoms with van der Waals surface area (Å²) in [5, 5.41) is 2.20. The lowest BCUT2D eigenvalue weighted by atomic mass is 10.2. The number of benzene rings is 1. The van der Waals surface area contributed by atoms with E-state index in [0.717, 1.165) is 17.1 Å². The van der Waals surface area contributed by atoms with Gasteiger partial charge in [0.25, 0.3) is 0 Å². The predicted molar refractivity (Wildman–Crippen MR) is 101 cm³/mol. The molecule has 0 N–H and O–H groups in total. The maximum atomic E-state index is 5.37. The molecule has 118 valence electrons. The summed E-state index contributed by atoms with van der Waals surface area (Å²) in [4.78, 5) is 0. The topological polar surface area (TPSA) is 18.5 Å². The molecule has 1 aliphatic heterocycles. The van der Waals surface area contributed by atoms with E-state index in [4.69, 9.17) is 9.47 Å². The minimum Gasteiger partial charge on any atom is -0.454 e. The standard InChI is InChI=1S/C19H18O2S2/c1-14-16(12-23-19(14)22-2)8-6-4-3-5-7-15-9-10-17-18(11-15)21-13-20-17/h3-12H,13H2,1-2H3/b4-3+,7-5+,8-6+. The highest BCUT2D eigenvalue weighted by molar-refractivity contribution is 8.00. The Labute approximate surface area is 145 Å². The minimum absolute atomic E-state index is 0.313. The van der Waals surface area contributed by atoms with E-state index in [0.29, 0.717) is 6.79 Å². The van der Waals surface area contributed by atoms with Crippen LogP contribution in [-0.4, -0.2) is 13.0 Å². The van der Waals surface area contributed by atoms with Crippen molar-refractivity contribution in [2.75, 3.05) is 13.0 Å². The average Bonchev–Trinajstić information content (AvgIpc) is 3.17. The van der Waals surface area contributed by atoms with Crippen molar-refractivity contribution < 1.29 is 9.47 Å². The Morgan fingerprint density at radius 2 is 1.83 bits per heavy atom. The van der Waals surface area contributed by atoms with Gasteiger partial charge < -0.3 is 9.47 Å². The normalized spacial score (nSPS) is 13.8. The number of hydrogen-bond acceptors (Lipinski definition) is 4. The van der Waals surface area contributed by atoms with Gasteiger partial charge >= 0.3 is 0 Å². The van der Waals surface area contributed by atoms with Gasteiger partial charge in [0.1, 0.15) is 0 Å². The van der Waals surface area contributed by atoms with Crippen LogP contribution in [0, 0.1) is 6.92 Å². The first-order valence-corrected chi connectivity index (χ1v) is 9.41. The van der Waals surface area contributed by atoms with Crippen LogP contribution >= 0.6 is 23.1 Å². The number of hydrogen-bond donors (Lipinski definition) is 0. The first-order chi connectivity index (χ1) is 11.3. The molecule has 0 spiro atoms. The summed E-state index contributed by atoms with van der Waals surface area (Å²) >= 11 is 3.61. The third-order valence-electron chi connectivity index (χ3n) is 3.51. The summed E-state index contributed by atoms with van der Waals surface area (Å²) in [6.45, 7) is 2.48. The molecule has 0 amide bonds. The summed E-state index contributed by atoms with van der Waals surface area (Å²) in [5.74, 6) is 1.63. The quantitative estimate of drug-likeness (QED) is 0.506. The molecular weight excluding hydrogens is 324 g/mol. The monoisotopic (exact) mass is 342 g/mol. The number of ether oxygens (including phenoxy) is 2. The second kappa shape index (κ2) is 7.57. The van der Waals surface area contributed by atoms with Crippen molar-refractivity contribution in [3.8, 4) is 11.5 Å². The smallest absolute Gasteiger partial charge is 0.231 e. The first-order valence-electron chi connectivity index (χ1n) is 7.31. The van der Waals surface area contributed by atoms with Crippen molar-refractivity contribution in [1.29, 1.82) is 0 Å². The van der Waals surface area contributed by atoms with Crippen LogP contribution < -0.4 is 9.47 Å². The Kier molecular flexibility index (Phi) is 5.26. The minimum atomic E-state index is 0.313. The Bertz CT molecular complexity index is 770. The highest BCUT2D eigenvalue weighted by atomic mass is 32.2. The molecule has 0 aliphatic carbocycles. The van der Waals surface area contributed by atoms with Crippen molar-refractivity contribution in [1.82, 2.24) is 0 Å². The Morgan fingerprint density at radius 1 is 1.04 bits per heavy atom. The van der Waals surface area contributed by atoms with Crippen LogP contribution in [0.15, 0.2) is 52.1 Å². The van der Waals surface area contributed by atoms with E-state index in [1.165, 1.54) is 15.3 Å². The SMILES string of the molecule is CSc1scc(/C=C/C=C/C=C/c2ccc3c(c2)OCO3)c1C. The fraction of sp³-hybridized carbons (Fsp3) is 0.158. The highest BCUT2D eigenvalue weighted by Crippen LogP contribution is 2.33. The van der Waals surface area contributed by atoms with E-state index in [2.05, 4.69) is 30.7 Å². The molecule has 2 nitrogen and oxygen atoms in total. The van der Waals surface area contributed by atoms with E-state index in [-0.39, 0.29) is 0 Å². The molecule has 0 unspecified atom stereocenters. The number of rotatable bonds is 5. The van der Waals surface area contributed by atoms with Gasteiger partial charge in [0.15, 0.2) is 11.5 Å². The zero-order chi connectivity index (χ0) is 16.1. The summed E-state index contributed by atoms with van der Waals surface area (Å²) in [5.41, 5.74) is 3.76. The molecule has 0 saturated heterocycles. The van der Waals surface area contributed by atoms with Crippen LogP contribution in [0.2, 0.25) is 0 Å². The van der Waals surface area contributed by atoms with Gasteiger partial charge in [0, 0.05) is 0 Å². The van der Waals surface area contributed by atoms with Crippen molar-refractivity contribution >= 4 is 35.3 Å². The fourth-order valence-corrected chi connectivity index (χ4v) is 3.99. The van der Waals surface area contributed by atoms with Gasteiger partial charge in [0.05, 0.1) is 4.21 Å². The van der Waals surface area contributed by atoms with Crippen LogP contribution in [0.3, 0.4) is 0 Å².